The summed E-state index contributed by atoms with van der Waals surface area (Å²) < 4.78 is 18.6. The topological polar surface area (TPSA) is 61.9 Å². The number of rotatable bonds is 2. The van der Waals surface area contributed by atoms with E-state index in [1.54, 1.807) is 9.80 Å². The Morgan fingerprint density at radius 3 is 2.54 bits per heavy atom. The van der Waals surface area contributed by atoms with Gasteiger partial charge in [0.15, 0.2) is 0 Å². The first-order valence-corrected chi connectivity index (χ1v) is 8.29. The number of carbonyl (C=O) groups is 2. The highest BCUT2D eigenvalue weighted by Gasteiger charge is 2.31. The van der Waals surface area contributed by atoms with Crippen LogP contribution in [0.5, 0.6) is 0 Å². The third-order valence-corrected chi connectivity index (χ3v) is 4.56. The van der Waals surface area contributed by atoms with Crippen LogP contribution in [0, 0.1) is 5.82 Å². The minimum Gasteiger partial charge on any atom is -0.366 e. The summed E-state index contributed by atoms with van der Waals surface area (Å²) in [4.78, 5) is 28.2. The Balaban J connectivity index is 1.58. The van der Waals surface area contributed by atoms with E-state index in [9.17, 15) is 14.0 Å². The van der Waals surface area contributed by atoms with Crippen LogP contribution in [0.25, 0.3) is 0 Å². The molecule has 2 saturated heterocycles. The maximum atomic E-state index is 13.1. The first kappa shape index (κ1) is 17.1. The lowest BCUT2D eigenvalue weighted by Gasteiger charge is -2.37. The minimum atomic E-state index is -0.479. The van der Waals surface area contributed by atoms with Crippen LogP contribution in [-0.4, -0.2) is 73.6 Å². The number of piperazine rings is 1. The number of hydrogen-bond donors (Lipinski definition) is 1. The maximum Gasteiger partial charge on any atom is 0.255 e. The Bertz CT molecular complexity index is 629. The predicted molar refractivity (Wildman–Crippen MR) is 86.5 cm³/mol. The van der Waals surface area contributed by atoms with Crippen molar-refractivity contribution in [1.82, 2.24) is 15.1 Å². The quantitative estimate of drug-likeness (QED) is 0.850. The summed E-state index contributed by atoms with van der Waals surface area (Å²) in [7, 11) is 0. The molecule has 1 aromatic carbocycles. The van der Waals surface area contributed by atoms with Crippen molar-refractivity contribution in [2.45, 2.75) is 6.10 Å². The standard InChI is InChI=1S/C16H19ClFN3O3/c17-13-9-11(18)1-2-12(13)15(22)20-4-6-21(7-5-20)16(23)14-10-19-3-8-24-14/h1-2,9,14,19H,3-8,10H2. The zero-order valence-electron chi connectivity index (χ0n) is 13.1. The number of ether oxygens (including phenoxy) is 1. The summed E-state index contributed by atoms with van der Waals surface area (Å²) in [5, 5.41) is 3.23. The summed E-state index contributed by atoms with van der Waals surface area (Å²) in [6.45, 7) is 3.52. The Kier molecular flexibility index (Phi) is 5.33. The molecular weight excluding hydrogens is 337 g/mol. The molecule has 0 bridgehead atoms. The van der Waals surface area contributed by atoms with Crippen molar-refractivity contribution in [3.05, 3.63) is 34.6 Å². The van der Waals surface area contributed by atoms with Gasteiger partial charge in [-0.3, -0.25) is 9.59 Å². The Morgan fingerprint density at radius 1 is 1.21 bits per heavy atom. The van der Waals surface area contributed by atoms with Crippen molar-refractivity contribution in [3.63, 3.8) is 0 Å². The highest BCUT2D eigenvalue weighted by Crippen LogP contribution is 2.20. The number of benzene rings is 1. The monoisotopic (exact) mass is 355 g/mol. The second-order valence-electron chi connectivity index (χ2n) is 5.81. The molecule has 6 nitrogen and oxygen atoms in total. The normalized spacial score (nSPS) is 21.7. The van der Waals surface area contributed by atoms with Crippen molar-refractivity contribution >= 4 is 23.4 Å². The number of amides is 2. The highest BCUT2D eigenvalue weighted by atomic mass is 35.5. The second kappa shape index (κ2) is 7.46. The van der Waals surface area contributed by atoms with E-state index in [-0.39, 0.29) is 22.4 Å². The van der Waals surface area contributed by atoms with E-state index < -0.39 is 11.9 Å². The minimum absolute atomic E-state index is 0.0471. The number of carbonyl (C=O) groups excluding carboxylic acids is 2. The fourth-order valence-electron chi connectivity index (χ4n) is 2.89. The molecule has 8 heteroatoms. The molecule has 1 unspecified atom stereocenters. The van der Waals surface area contributed by atoms with E-state index in [0.717, 1.165) is 12.6 Å². The van der Waals surface area contributed by atoms with Gasteiger partial charge in [-0.1, -0.05) is 11.6 Å². The Hall–Kier alpha value is -1.70. The lowest BCUT2D eigenvalue weighted by molar-refractivity contribution is -0.146. The van der Waals surface area contributed by atoms with Crippen molar-refractivity contribution in [1.29, 1.82) is 0 Å². The lowest BCUT2D eigenvalue weighted by atomic mass is 10.1. The number of nitrogens with zero attached hydrogens (tertiary/aromatic N) is 2. The van der Waals surface area contributed by atoms with Crippen molar-refractivity contribution in [2.75, 3.05) is 45.9 Å². The van der Waals surface area contributed by atoms with E-state index in [4.69, 9.17) is 16.3 Å². The number of nitrogens with one attached hydrogen (secondary N) is 1. The van der Waals surface area contributed by atoms with E-state index >= 15 is 0 Å². The van der Waals surface area contributed by atoms with E-state index in [1.807, 2.05) is 0 Å². The van der Waals surface area contributed by atoms with Crippen LogP contribution >= 0.6 is 11.6 Å². The molecular formula is C16H19ClFN3O3. The van der Waals surface area contributed by atoms with Gasteiger partial charge in [0.25, 0.3) is 11.8 Å². The van der Waals surface area contributed by atoms with Gasteiger partial charge < -0.3 is 19.9 Å². The van der Waals surface area contributed by atoms with Crippen LogP contribution in [0.3, 0.4) is 0 Å². The van der Waals surface area contributed by atoms with Crippen LogP contribution in [-0.2, 0) is 9.53 Å². The zero-order chi connectivity index (χ0) is 17.1. The van der Waals surface area contributed by atoms with E-state index in [2.05, 4.69) is 5.32 Å². The molecule has 24 heavy (non-hydrogen) atoms. The largest absolute Gasteiger partial charge is 0.366 e. The number of halogens is 2. The first-order valence-electron chi connectivity index (χ1n) is 7.91. The molecule has 3 rings (SSSR count). The van der Waals surface area contributed by atoms with Crippen molar-refractivity contribution < 1.29 is 18.7 Å². The summed E-state index contributed by atoms with van der Waals surface area (Å²) in [6, 6.07) is 3.73. The van der Waals surface area contributed by atoms with Gasteiger partial charge in [0.2, 0.25) is 0 Å². The second-order valence-corrected chi connectivity index (χ2v) is 6.21. The molecule has 0 aromatic heterocycles. The molecule has 0 aliphatic carbocycles. The van der Waals surface area contributed by atoms with Gasteiger partial charge in [-0.2, -0.15) is 0 Å². The highest BCUT2D eigenvalue weighted by molar-refractivity contribution is 6.33. The predicted octanol–water partition coefficient (Wildman–Crippen LogP) is 0.752. The van der Waals surface area contributed by atoms with E-state index in [1.165, 1.54) is 12.1 Å². The first-order chi connectivity index (χ1) is 11.6. The SMILES string of the molecule is O=C(c1ccc(F)cc1Cl)N1CCN(C(=O)C2CNCCO2)CC1. The van der Waals surface area contributed by atoms with E-state index in [0.29, 0.717) is 39.3 Å². The Morgan fingerprint density at radius 2 is 1.92 bits per heavy atom. The van der Waals surface area contributed by atoms with Crippen molar-refractivity contribution in [2.24, 2.45) is 0 Å². The fourth-order valence-corrected chi connectivity index (χ4v) is 3.14. The zero-order valence-corrected chi connectivity index (χ0v) is 13.9. The van der Waals surface area contributed by atoms with Crippen LogP contribution in [0.4, 0.5) is 4.39 Å². The van der Waals surface area contributed by atoms with Gasteiger partial charge in [0.05, 0.1) is 17.2 Å². The molecule has 0 radical (unpaired) electrons. The molecule has 2 aliphatic heterocycles. The average Bonchev–Trinajstić information content (AvgIpc) is 2.61. The van der Waals surface area contributed by atoms with Crippen LogP contribution < -0.4 is 5.32 Å². The Labute approximate surface area is 144 Å². The van der Waals surface area contributed by atoms with Gasteiger partial charge in [-0.05, 0) is 18.2 Å². The molecule has 2 heterocycles. The van der Waals surface area contributed by atoms with Gasteiger partial charge in [0, 0.05) is 39.3 Å². The van der Waals surface area contributed by atoms with Crippen LogP contribution in [0.1, 0.15) is 10.4 Å². The summed E-state index contributed by atoms with van der Waals surface area (Å²) in [5.41, 5.74) is 0.276. The smallest absolute Gasteiger partial charge is 0.255 e. The molecule has 1 aromatic rings. The fraction of sp³-hybridized carbons (Fsp3) is 0.500. The van der Waals surface area contributed by atoms with Gasteiger partial charge in [0.1, 0.15) is 11.9 Å². The van der Waals surface area contributed by atoms with Crippen molar-refractivity contribution in [3.8, 4) is 0 Å². The van der Waals surface area contributed by atoms with Crippen LogP contribution in [0.2, 0.25) is 5.02 Å². The third kappa shape index (κ3) is 3.68. The molecule has 0 spiro atoms. The molecule has 2 aliphatic rings. The molecule has 0 saturated carbocycles. The molecule has 2 fully saturated rings. The van der Waals surface area contributed by atoms with Gasteiger partial charge in [-0.15, -0.1) is 0 Å². The molecule has 1 N–H and O–H groups in total. The van der Waals surface area contributed by atoms with Crippen LogP contribution in [0.15, 0.2) is 18.2 Å². The number of hydrogen-bond acceptors (Lipinski definition) is 4. The molecule has 130 valence electrons. The number of morpholine rings is 1. The molecule has 1 atom stereocenters. The lowest BCUT2D eigenvalue weighted by Crippen LogP contribution is -2.56. The van der Waals surface area contributed by atoms with Gasteiger partial charge >= 0.3 is 0 Å². The summed E-state index contributed by atoms with van der Waals surface area (Å²) >= 11 is 5.95. The molecule has 2 amide bonds. The van der Waals surface area contributed by atoms with Gasteiger partial charge in [-0.25, -0.2) is 4.39 Å². The summed E-state index contributed by atoms with van der Waals surface area (Å²) in [6.07, 6.45) is -0.451. The average molecular weight is 356 g/mol. The maximum absolute atomic E-state index is 13.1. The third-order valence-electron chi connectivity index (χ3n) is 4.24. The summed E-state index contributed by atoms with van der Waals surface area (Å²) in [5.74, 6) is -0.773.